The number of likely N-dealkylation sites (N-methyl/N-ethyl adjacent to an activating group) is 1. The first kappa shape index (κ1) is 16.2. The van der Waals surface area contributed by atoms with Gasteiger partial charge >= 0.3 is 5.97 Å². The van der Waals surface area contributed by atoms with Gasteiger partial charge < -0.3 is 14.6 Å². The third-order valence-electron chi connectivity index (χ3n) is 3.85. The van der Waals surface area contributed by atoms with Crippen LogP contribution in [0, 0.1) is 0 Å². The number of nitrogens with zero attached hydrogens (tertiary/aromatic N) is 2. The largest absolute Gasteiger partial charge is 0.426 e. The molecule has 5 heteroatoms. The van der Waals surface area contributed by atoms with E-state index in [9.17, 15) is 4.79 Å². The van der Waals surface area contributed by atoms with Crippen LogP contribution in [-0.2, 0) is 17.6 Å². The molecule has 0 aliphatic heterocycles. The monoisotopic (exact) mass is 323 g/mol. The molecule has 124 valence electrons. The zero-order valence-electron chi connectivity index (χ0n) is 14.0. The zero-order valence-corrected chi connectivity index (χ0v) is 14.0. The Labute approximate surface area is 141 Å². The van der Waals surface area contributed by atoms with Crippen molar-refractivity contribution in [1.82, 2.24) is 14.9 Å². The van der Waals surface area contributed by atoms with Crippen molar-refractivity contribution in [2.45, 2.75) is 12.8 Å². The van der Waals surface area contributed by atoms with Gasteiger partial charge in [-0.2, -0.15) is 0 Å². The maximum Gasteiger partial charge on any atom is 0.317 e. The number of hydrogen-bond donors (Lipinski definition) is 1. The molecule has 0 aliphatic carbocycles. The molecule has 0 unspecified atom stereocenters. The van der Waals surface area contributed by atoms with Crippen LogP contribution >= 0.6 is 0 Å². The minimum Gasteiger partial charge on any atom is -0.426 e. The van der Waals surface area contributed by atoms with Crippen LogP contribution in [0.5, 0.6) is 5.75 Å². The lowest BCUT2D eigenvalue weighted by molar-refractivity contribution is -0.133. The van der Waals surface area contributed by atoms with Crippen molar-refractivity contribution in [1.29, 1.82) is 0 Å². The van der Waals surface area contributed by atoms with Crippen molar-refractivity contribution >= 4 is 16.9 Å². The predicted octanol–water partition coefficient (Wildman–Crippen LogP) is 2.82. The molecule has 3 rings (SSSR count). The summed E-state index contributed by atoms with van der Waals surface area (Å²) in [5.41, 5.74) is 2.84. The number of hydrogen-bond acceptors (Lipinski definition) is 4. The van der Waals surface area contributed by atoms with E-state index in [1.807, 2.05) is 56.7 Å². The van der Waals surface area contributed by atoms with Gasteiger partial charge in [-0.3, -0.25) is 9.78 Å². The average Bonchev–Trinajstić information content (AvgIpc) is 2.98. The van der Waals surface area contributed by atoms with Gasteiger partial charge in [0, 0.05) is 29.8 Å². The van der Waals surface area contributed by atoms with E-state index in [1.54, 1.807) is 6.20 Å². The Hall–Kier alpha value is -2.66. The molecule has 3 aromatic rings. The van der Waals surface area contributed by atoms with E-state index in [0.717, 1.165) is 29.4 Å². The number of aromatic nitrogens is 2. The Morgan fingerprint density at radius 2 is 2.08 bits per heavy atom. The quantitative estimate of drug-likeness (QED) is 0.560. The van der Waals surface area contributed by atoms with Crippen LogP contribution in [0.2, 0.25) is 0 Å². The van der Waals surface area contributed by atoms with Gasteiger partial charge in [-0.15, -0.1) is 0 Å². The number of aromatic amines is 1. The van der Waals surface area contributed by atoms with Crippen LogP contribution in [0.3, 0.4) is 0 Å². The molecule has 0 bridgehead atoms. The van der Waals surface area contributed by atoms with Crippen molar-refractivity contribution in [2.75, 3.05) is 20.6 Å². The van der Waals surface area contributed by atoms with Gasteiger partial charge in [0.1, 0.15) is 5.75 Å². The van der Waals surface area contributed by atoms with Crippen LogP contribution in [0.1, 0.15) is 11.3 Å². The summed E-state index contributed by atoms with van der Waals surface area (Å²) in [5.74, 6) is 0.296. The molecule has 0 amide bonds. The summed E-state index contributed by atoms with van der Waals surface area (Å²) in [6.45, 7) is 0.934. The predicted molar refractivity (Wildman–Crippen MR) is 94.1 cm³/mol. The highest BCUT2D eigenvalue weighted by Gasteiger charge is 2.14. The normalized spacial score (nSPS) is 11.1. The summed E-state index contributed by atoms with van der Waals surface area (Å²) in [4.78, 5) is 21.8. The van der Waals surface area contributed by atoms with Crippen LogP contribution in [0.15, 0.2) is 48.8 Å². The summed E-state index contributed by atoms with van der Waals surface area (Å²) in [6.07, 6.45) is 4.72. The maximum absolute atomic E-state index is 12.2. The Balaban J connectivity index is 1.80. The first-order valence-corrected chi connectivity index (χ1v) is 7.98. The van der Waals surface area contributed by atoms with E-state index in [2.05, 4.69) is 14.9 Å². The van der Waals surface area contributed by atoms with Crippen molar-refractivity contribution in [3.63, 3.8) is 0 Å². The van der Waals surface area contributed by atoms with Crippen LogP contribution in [-0.4, -0.2) is 41.5 Å². The van der Waals surface area contributed by atoms with Crippen LogP contribution < -0.4 is 4.74 Å². The fourth-order valence-corrected chi connectivity index (χ4v) is 2.66. The Bertz CT molecular complexity index is 825. The number of nitrogens with one attached hydrogen (secondary N) is 1. The SMILES string of the molecule is CN(C)CCc1c[nH]c2cccc(OC(=O)Cc3ccccn3)c12. The highest BCUT2D eigenvalue weighted by atomic mass is 16.5. The van der Waals surface area contributed by atoms with Gasteiger partial charge in [-0.25, -0.2) is 0 Å². The summed E-state index contributed by atoms with van der Waals surface area (Å²) in [7, 11) is 4.09. The third-order valence-corrected chi connectivity index (χ3v) is 3.85. The molecule has 24 heavy (non-hydrogen) atoms. The van der Waals surface area contributed by atoms with Crippen molar-refractivity contribution < 1.29 is 9.53 Å². The summed E-state index contributed by atoms with van der Waals surface area (Å²) in [5, 5.41) is 0.980. The zero-order chi connectivity index (χ0) is 16.9. The molecule has 0 fully saturated rings. The molecule has 0 atom stereocenters. The molecule has 5 nitrogen and oxygen atoms in total. The van der Waals surface area contributed by atoms with Gasteiger partial charge in [0.25, 0.3) is 0 Å². The molecule has 2 aromatic heterocycles. The average molecular weight is 323 g/mol. The number of rotatable bonds is 6. The summed E-state index contributed by atoms with van der Waals surface area (Å²) >= 11 is 0. The topological polar surface area (TPSA) is 58.2 Å². The van der Waals surface area contributed by atoms with E-state index >= 15 is 0 Å². The lowest BCUT2D eigenvalue weighted by Crippen LogP contribution is -2.15. The van der Waals surface area contributed by atoms with Gasteiger partial charge in [-0.1, -0.05) is 12.1 Å². The van der Waals surface area contributed by atoms with Crippen molar-refractivity contribution in [3.8, 4) is 5.75 Å². The minimum absolute atomic E-state index is 0.161. The molecule has 0 saturated carbocycles. The van der Waals surface area contributed by atoms with E-state index in [1.165, 1.54) is 0 Å². The molecular formula is C19H21N3O2. The second-order valence-corrected chi connectivity index (χ2v) is 6.02. The minimum atomic E-state index is -0.305. The van der Waals surface area contributed by atoms with E-state index < -0.39 is 0 Å². The number of fused-ring (bicyclic) bond motifs is 1. The number of H-pyrrole nitrogens is 1. The first-order valence-electron chi connectivity index (χ1n) is 7.98. The standard InChI is InChI=1S/C19H21N3O2/c1-22(2)11-9-14-13-21-16-7-5-8-17(19(14)16)24-18(23)12-15-6-3-4-10-20-15/h3-8,10,13,21H,9,11-12H2,1-2H3. The summed E-state index contributed by atoms with van der Waals surface area (Å²) < 4.78 is 5.62. The van der Waals surface area contributed by atoms with Crippen LogP contribution in [0.25, 0.3) is 10.9 Å². The number of carbonyl (C=O) groups is 1. The van der Waals surface area contributed by atoms with Gasteiger partial charge in [-0.05, 0) is 50.3 Å². The molecule has 0 saturated heterocycles. The summed E-state index contributed by atoms with van der Waals surface area (Å²) in [6, 6.07) is 11.2. The van der Waals surface area contributed by atoms with E-state index in [-0.39, 0.29) is 12.4 Å². The highest BCUT2D eigenvalue weighted by molar-refractivity contribution is 5.91. The molecule has 1 aromatic carbocycles. The van der Waals surface area contributed by atoms with Crippen molar-refractivity contribution in [3.05, 3.63) is 60.0 Å². The second-order valence-electron chi connectivity index (χ2n) is 6.02. The van der Waals surface area contributed by atoms with Crippen LogP contribution in [0.4, 0.5) is 0 Å². The molecule has 0 aliphatic rings. The van der Waals surface area contributed by atoms with Crippen molar-refractivity contribution in [2.24, 2.45) is 0 Å². The maximum atomic E-state index is 12.2. The number of pyridine rings is 1. The lowest BCUT2D eigenvalue weighted by atomic mass is 10.1. The Morgan fingerprint density at radius 1 is 1.21 bits per heavy atom. The molecule has 0 spiro atoms. The fourth-order valence-electron chi connectivity index (χ4n) is 2.66. The number of carbonyl (C=O) groups excluding carboxylic acids is 1. The molecule has 1 N–H and O–H groups in total. The third kappa shape index (κ3) is 3.81. The number of ether oxygens (including phenoxy) is 1. The Kier molecular flexibility index (Phi) is 4.91. The molecule has 2 heterocycles. The first-order chi connectivity index (χ1) is 11.6. The van der Waals surface area contributed by atoms with E-state index in [4.69, 9.17) is 4.74 Å². The van der Waals surface area contributed by atoms with E-state index in [0.29, 0.717) is 11.4 Å². The lowest BCUT2D eigenvalue weighted by Gasteiger charge is -2.10. The molecular weight excluding hydrogens is 302 g/mol. The number of esters is 1. The van der Waals surface area contributed by atoms with Gasteiger partial charge in [0.15, 0.2) is 0 Å². The molecule has 0 radical (unpaired) electrons. The number of benzene rings is 1. The Morgan fingerprint density at radius 3 is 2.83 bits per heavy atom. The van der Waals surface area contributed by atoms with Gasteiger partial charge in [0.2, 0.25) is 0 Å². The second kappa shape index (κ2) is 7.27. The smallest absolute Gasteiger partial charge is 0.317 e. The van der Waals surface area contributed by atoms with Gasteiger partial charge in [0.05, 0.1) is 12.1 Å². The highest BCUT2D eigenvalue weighted by Crippen LogP contribution is 2.29. The fraction of sp³-hybridized carbons (Fsp3) is 0.263.